The first-order valence-corrected chi connectivity index (χ1v) is 8.21. The maximum Gasteiger partial charge on any atom is 0.254 e. The molecule has 0 unspecified atom stereocenters. The zero-order valence-corrected chi connectivity index (χ0v) is 14.6. The van der Waals surface area contributed by atoms with E-state index in [0.717, 1.165) is 17.7 Å². The number of rotatable bonds is 7. The van der Waals surface area contributed by atoms with E-state index in [4.69, 9.17) is 0 Å². The molecule has 0 saturated heterocycles. The second-order valence-corrected chi connectivity index (χ2v) is 5.79. The molecule has 8 heteroatoms. The number of halogens is 2. The fourth-order valence-electron chi connectivity index (χ4n) is 2.31. The first-order chi connectivity index (χ1) is 12.8. The van der Waals surface area contributed by atoms with E-state index in [9.17, 15) is 23.2 Å². The molecule has 0 bridgehead atoms. The van der Waals surface area contributed by atoms with E-state index in [2.05, 4.69) is 16.0 Å². The topological polar surface area (TPSA) is 87.3 Å². The van der Waals surface area contributed by atoms with Crippen LogP contribution in [0.1, 0.15) is 29.3 Å². The van der Waals surface area contributed by atoms with Gasteiger partial charge in [0.15, 0.2) is 0 Å². The third-order valence-corrected chi connectivity index (χ3v) is 3.55. The normalized spacial score (nSPS) is 10.2. The lowest BCUT2D eigenvalue weighted by Crippen LogP contribution is -2.31. The van der Waals surface area contributed by atoms with Gasteiger partial charge in [-0.1, -0.05) is 12.1 Å². The van der Waals surface area contributed by atoms with Crippen LogP contribution in [0.5, 0.6) is 0 Å². The predicted octanol–water partition coefficient (Wildman–Crippen LogP) is 2.36. The molecule has 0 spiro atoms. The van der Waals surface area contributed by atoms with Crippen molar-refractivity contribution in [3.05, 3.63) is 65.2 Å². The third-order valence-electron chi connectivity index (χ3n) is 3.55. The average Bonchev–Trinajstić information content (AvgIpc) is 2.59. The highest BCUT2D eigenvalue weighted by atomic mass is 19.1. The molecular formula is C19H19F2N3O3. The second kappa shape index (κ2) is 9.42. The van der Waals surface area contributed by atoms with Crippen LogP contribution in [0.2, 0.25) is 0 Å². The first kappa shape index (κ1) is 20.0. The van der Waals surface area contributed by atoms with Gasteiger partial charge in [-0.15, -0.1) is 0 Å². The van der Waals surface area contributed by atoms with Crippen molar-refractivity contribution in [1.82, 2.24) is 10.6 Å². The van der Waals surface area contributed by atoms with Crippen LogP contribution in [-0.2, 0) is 16.1 Å². The molecule has 2 rings (SSSR count). The molecule has 0 aliphatic carbocycles. The Kier molecular flexibility index (Phi) is 6.99. The number of carbonyl (C=O) groups excluding carboxylic acids is 3. The van der Waals surface area contributed by atoms with Gasteiger partial charge in [-0.2, -0.15) is 0 Å². The molecule has 27 heavy (non-hydrogen) atoms. The zero-order chi connectivity index (χ0) is 19.8. The summed E-state index contributed by atoms with van der Waals surface area (Å²) in [6, 6.07) is 9.67. The lowest BCUT2D eigenvalue weighted by atomic mass is 10.2. The van der Waals surface area contributed by atoms with E-state index in [-0.39, 0.29) is 36.9 Å². The smallest absolute Gasteiger partial charge is 0.254 e. The van der Waals surface area contributed by atoms with Crippen LogP contribution in [0.4, 0.5) is 14.5 Å². The highest BCUT2D eigenvalue weighted by Crippen LogP contribution is 2.11. The minimum atomic E-state index is -0.962. The molecule has 3 N–H and O–H groups in total. The van der Waals surface area contributed by atoms with Gasteiger partial charge in [-0.3, -0.25) is 14.4 Å². The summed E-state index contributed by atoms with van der Waals surface area (Å²) >= 11 is 0. The lowest BCUT2D eigenvalue weighted by Gasteiger charge is -2.09. The predicted molar refractivity (Wildman–Crippen MR) is 95.9 cm³/mol. The fourth-order valence-corrected chi connectivity index (χ4v) is 2.31. The number of anilines is 1. The maximum atomic E-state index is 13.5. The van der Waals surface area contributed by atoms with Gasteiger partial charge in [0.1, 0.15) is 11.6 Å². The van der Waals surface area contributed by atoms with Crippen molar-refractivity contribution in [2.24, 2.45) is 0 Å². The summed E-state index contributed by atoms with van der Waals surface area (Å²) in [5.41, 5.74) is 1.14. The minimum absolute atomic E-state index is 0.0000592. The summed E-state index contributed by atoms with van der Waals surface area (Å²) in [6.45, 7) is 1.67. The number of hydrogen-bond donors (Lipinski definition) is 3. The third kappa shape index (κ3) is 6.50. The summed E-state index contributed by atoms with van der Waals surface area (Å²) in [7, 11) is 0. The number of nitrogens with one attached hydrogen (secondary N) is 3. The molecule has 0 fully saturated rings. The molecule has 2 aromatic rings. The fraction of sp³-hybridized carbons (Fsp3) is 0.211. The first-order valence-electron chi connectivity index (χ1n) is 8.21. The SMILES string of the molecule is CC(=O)Nc1cccc(CNC(=O)CCNC(=O)c2ccc(F)cc2F)c1. The molecule has 0 aliphatic rings. The van der Waals surface area contributed by atoms with Crippen molar-refractivity contribution in [3.63, 3.8) is 0 Å². The van der Waals surface area contributed by atoms with E-state index in [0.29, 0.717) is 11.8 Å². The Hall–Kier alpha value is -3.29. The Labute approximate surface area is 155 Å². The van der Waals surface area contributed by atoms with Gasteiger partial charge in [0.25, 0.3) is 5.91 Å². The summed E-state index contributed by atoms with van der Waals surface area (Å²) in [6.07, 6.45) is -0.0000592. The van der Waals surface area contributed by atoms with Gasteiger partial charge >= 0.3 is 0 Å². The van der Waals surface area contributed by atoms with E-state index in [1.807, 2.05) is 0 Å². The Balaban J connectivity index is 1.76. The van der Waals surface area contributed by atoms with E-state index in [1.165, 1.54) is 6.92 Å². The van der Waals surface area contributed by atoms with Crippen molar-refractivity contribution in [2.45, 2.75) is 19.9 Å². The molecule has 2 aromatic carbocycles. The molecule has 0 saturated carbocycles. The minimum Gasteiger partial charge on any atom is -0.352 e. The molecule has 0 atom stereocenters. The molecule has 0 radical (unpaired) electrons. The quantitative estimate of drug-likeness (QED) is 0.694. The van der Waals surface area contributed by atoms with Crippen LogP contribution in [-0.4, -0.2) is 24.3 Å². The standard InChI is InChI=1S/C19H19F2N3O3/c1-12(25)24-15-4-2-3-13(9-15)11-23-18(26)7-8-22-19(27)16-6-5-14(20)10-17(16)21/h2-6,9-10H,7-8,11H2,1H3,(H,22,27)(H,23,26)(H,24,25). The van der Waals surface area contributed by atoms with Crippen LogP contribution < -0.4 is 16.0 Å². The van der Waals surface area contributed by atoms with E-state index in [1.54, 1.807) is 24.3 Å². The van der Waals surface area contributed by atoms with E-state index >= 15 is 0 Å². The van der Waals surface area contributed by atoms with Crippen molar-refractivity contribution >= 4 is 23.4 Å². The van der Waals surface area contributed by atoms with Crippen molar-refractivity contribution in [3.8, 4) is 0 Å². The summed E-state index contributed by atoms with van der Waals surface area (Å²) in [4.78, 5) is 34.7. The van der Waals surface area contributed by atoms with Gasteiger partial charge in [0.05, 0.1) is 5.56 Å². The number of amides is 3. The highest BCUT2D eigenvalue weighted by Gasteiger charge is 2.12. The monoisotopic (exact) mass is 375 g/mol. The molecule has 142 valence electrons. The Morgan fingerprint density at radius 2 is 1.78 bits per heavy atom. The van der Waals surface area contributed by atoms with Gasteiger partial charge in [0, 0.05) is 38.2 Å². The summed E-state index contributed by atoms with van der Waals surface area (Å²) in [5.74, 6) is -2.95. The second-order valence-electron chi connectivity index (χ2n) is 5.79. The van der Waals surface area contributed by atoms with Gasteiger partial charge in [0.2, 0.25) is 11.8 Å². The van der Waals surface area contributed by atoms with Crippen LogP contribution in [0.25, 0.3) is 0 Å². The van der Waals surface area contributed by atoms with Crippen molar-refractivity contribution in [2.75, 3.05) is 11.9 Å². The molecular weight excluding hydrogens is 356 g/mol. The van der Waals surface area contributed by atoms with E-state index < -0.39 is 17.5 Å². The van der Waals surface area contributed by atoms with Gasteiger partial charge in [-0.05, 0) is 29.8 Å². The van der Waals surface area contributed by atoms with Crippen LogP contribution in [0.3, 0.4) is 0 Å². The molecule has 0 aliphatic heterocycles. The average molecular weight is 375 g/mol. The van der Waals surface area contributed by atoms with Crippen LogP contribution in [0.15, 0.2) is 42.5 Å². The summed E-state index contributed by atoms with van der Waals surface area (Å²) < 4.78 is 26.3. The number of carbonyl (C=O) groups is 3. The molecule has 3 amide bonds. The van der Waals surface area contributed by atoms with Gasteiger partial charge < -0.3 is 16.0 Å². The Bertz CT molecular complexity index is 856. The summed E-state index contributed by atoms with van der Waals surface area (Å²) in [5, 5.41) is 7.74. The Morgan fingerprint density at radius 3 is 2.48 bits per heavy atom. The van der Waals surface area contributed by atoms with Gasteiger partial charge in [-0.25, -0.2) is 8.78 Å². The van der Waals surface area contributed by atoms with Crippen molar-refractivity contribution < 1.29 is 23.2 Å². The number of benzene rings is 2. The van der Waals surface area contributed by atoms with Crippen molar-refractivity contribution in [1.29, 1.82) is 0 Å². The number of hydrogen-bond acceptors (Lipinski definition) is 3. The highest BCUT2D eigenvalue weighted by molar-refractivity contribution is 5.94. The molecule has 6 nitrogen and oxygen atoms in total. The van der Waals surface area contributed by atoms with Crippen LogP contribution >= 0.6 is 0 Å². The zero-order valence-electron chi connectivity index (χ0n) is 14.6. The molecule has 0 aromatic heterocycles. The van der Waals surface area contributed by atoms with Crippen LogP contribution in [0, 0.1) is 11.6 Å². The maximum absolute atomic E-state index is 13.5. The lowest BCUT2D eigenvalue weighted by molar-refractivity contribution is -0.121. The molecule has 0 heterocycles. The largest absolute Gasteiger partial charge is 0.352 e. The Morgan fingerprint density at radius 1 is 1.00 bits per heavy atom.